The highest BCUT2D eigenvalue weighted by atomic mass is 35.5. The number of rotatable bonds is 6. The van der Waals surface area contributed by atoms with Gasteiger partial charge < -0.3 is 19.3 Å². The molecule has 4 aromatic carbocycles. The minimum atomic E-state index is -4.43. The van der Waals surface area contributed by atoms with Crippen LogP contribution in [0.1, 0.15) is 11.1 Å². The molecular weight excluding hydrogens is 501 g/mol. The first kappa shape index (κ1) is 24.6. The molecule has 0 aromatic heterocycles. The van der Waals surface area contributed by atoms with Crippen molar-refractivity contribution in [3.05, 3.63) is 119 Å². The van der Waals surface area contributed by atoms with Gasteiger partial charge in [0, 0.05) is 28.2 Å². The van der Waals surface area contributed by atoms with E-state index in [9.17, 15) is 13.2 Å². The fraction of sp³-hybridized carbons (Fsp3) is 0.103. The van der Waals surface area contributed by atoms with Gasteiger partial charge in [0.2, 0.25) is 0 Å². The zero-order valence-corrected chi connectivity index (χ0v) is 20.5. The molecule has 0 fully saturated rings. The number of anilines is 2. The van der Waals surface area contributed by atoms with Crippen LogP contribution >= 0.6 is 11.6 Å². The second-order valence-corrected chi connectivity index (χ2v) is 8.82. The van der Waals surface area contributed by atoms with Crippen LogP contribution in [-0.4, -0.2) is 13.8 Å². The Bertz CT molecular complexity index is 1400. The summed E-state index contributed by atoms with van der Waals surface area (Å²) in [4.78, 5) is 3.94. The van der Waals surface area contributed by atoms with Crippen molar-refractivity contribution in [3.63, 3.8) is 0 Å². The predicted molar refractivity (Wildman–Crippen MR) is 140 cm³/mol. The summed E-state index contributed by atoms with van der Waals surface area (Å²) in [6, 6.07) is 27.3. The van der Waals surface area contributed by atoms with E-state index in [2.05, 4.69) is 0 Å². The molecule has 0 amide bonds. The molecule has 0 saturated heterocycles. The van der Waals surface area contributed by atoms with Gasteiger partial charge in [0.15, 0.2) is 0 Å². The van der Waals surface area contributed by atoms with Crippen molar-refractivity contribution in [1.29, 1.82) is 0 Å². The Balaban J connectivity index is 1.47. The van der Waals surface area contributed by atoms with Crippen molar-refractivity contribution < 1.29 is 22.6 Å². The average molecular weight is 523 g/mol. The van der Waals surface area contributed by atoms with Crippen LogP contribution in [0, 0.1) is 0 Å². The van der Waals surface area contributed by atoms with Crippen molar-refractivity contribution in [2.45, 2.75) is 6.18 Å². The number of halogens is 4. The smallest absolute Gasteiger partial charge is 0.416 e. The van der Waals surface area contributed by atoms with Gasteiger partial charge in [-0.1, -0.05) is 23.7 Å². The van der Waals surface area contributed by atoms with Gasteiger partial charge in [0.25, 0.3) is 0 Å². The Labute approximate surface area is 217 Å². The maximum absolute atomic E-state index is 13.5. The highest BCUT2D eigenvalue weighted by molar-refractivity contribution is 6.30. The van der Waals surface area contributed by atoms with Crippen molar-refractivity contribution in [1.82, 2.24) is 0 Å². The molecule has 188 valence electrons. The number of alkyl halides is 3. The number of nitrogens with zero attached hydrogens (tertiary/aromatic N) is 2. The van der Waals surface area contributed by atoms with E-state index in [1.165, 1.54) is 12.1 Å². The van der Waals surface area contributed by atoms with Crippen LogP contribution in [-0.2, 0) is 6.18 Å². The monoisotopic (exact) mass is 522 g/mol. The van der Waals surface area contributed by atoms with Gasteiger partial charge in [0.05, 0.1) is 25.0 Å². The number of hydrogen-bond donors (Lipinski definition) is 0. The van der Waals surface area contributed by atoms with Crippen molar-refractivity contribution in [2.24, 2.45) is 0 Å². The SMILES string of the molecule is COc1ccc(N2C=C(c3cccc(C(F)(F)F)c3)N(c3ccc(Oc4ccc(Cl)cc4)cc3)C2)cc1. The van der Waals surface area contributed by atoms with Crippen LogP contribution in [0.4, 0.5) is 24.5 Å². The lowest BCUT2D eigenvalue weighted by Gasteiger charge is -2.25. The Hall–Kier alpha value is -4.10. The van der Waals surface area contributed by atoms with Crippen LogP contribution in [0.25, 0.3) is 5.70 Å². The van der Waals surface area contributed by atoms with Gasteiger partial charge in [0.1, 0.15) is 17.2 Å². The molecule has 5 rings (SSSR count). The first-order valence-corrected chi connectivity index (χ1v) is 11.8. The Morgan fingerprint density at radius 3 is 1.97 bits per heavy atom. The highest BCUT2D eigenvalue weighted by Crippen LogP contribution is 2.38. The van der Waals surface area contributed by atoms with E-state index in [0.29, 0.717) is 34.5 Å². The third-order valence-corrected chi connectivity index (χ3v) is 6.20. The molecule has 0 spiro atoms. The van der Waals surface area contributed by atoms with Crippen LogP contribution < -0.4 is 19.3 Å². The predicted octanol–water partition coefficient (Wildman–Crippen LogP) is 8.44. The Kier molecular flexibility index (Phi) is 6.72. The zero-order chi connectivity index (χ0) is 26.0. The quantitative estimate of drug-likeness (QED) is 0.254. The van der Waals surface area contributed by atoms with Crippen LogP contribution in [0.5, 0.6) is 17.2 Å². The van der Waals surface area contributed by atoms with Crippen molar-refractivity contribution in [3.8, 4) is 17.2 Å². The molecule has 4 aromatic rings. The van der Waals surface area contributed by atoms with Gasteiger partial charge in [-0.05, 0) is 84.9 Å². The summed E-state index contributed by atoms with van der Waals surface area (Å²) in [6.07, 6.45) is -2.58. The molecule has 0 bridgehead atoms. The fourth-order valence-electron chi connectivity index (χ4n) is 4.06. The summed E-state index contributed by atoms with van der Waals surface area (Å²) in [5.74, 6) is 1.99. The summed E-state index contributed by atoms with van der Waals surface area (Å²) in [5.41, 5.74) is 2.11. The van der Waals surface area contributed by atoms with Crippen molar-refractivity contribution in [2.75, 3.05) is 23.6 Å². The van der Waals surface area contributed by atoms with E-state index in [-0.39, 0.29) is 0 Å². The highest BCUT2D eigenvalue weighted by Gasteiger charge is 2.32. The average Bonchev–Trinajstić information content (AvgIpc) is 3.36. The molecule has 0 saturated carbocycles. The lowest BCUT2D eigenvalue weighted by atomic mass is 10.1. The van der Waals surface area contributed by atoms with Crippen LogP contribution in [0.15, 0.2) is 103 Å². The Morgan fingerprint density at radius 2 is 1.35 bits per heavy atom. The molecule has 0 aliphatic carbocycles. The minimum Gasteiger partial charge on any atom is -0.497 e. The normalized spacial score (nSPS) is 13.5. The van der Waals surface area contributed by atoms with Gasteiger partial charge in [-0.3, -0.25) is 0 Å². The van der Waals surface area contributed by atoms with E-state index in [0.717, 1.165) is 23.2 Å². The molecule has 1 aliphatic heterocycles. The molecule has 0 N–H and O–H groups in total. The van der Waals surface area contributed by atoms with E-state index in [4.69, 9.17) is 21.1 Å². The molecule has 1 heterocycles. The molecule has 37 heavy (non-hydrogen) atoms. The molecule has 1 aliphatic rings. The molecule has 0 atom stereocenters. The summed E-state index contributed by atoms with van der Waals surface area (Å²) in [5, 5.41) is 0.618. The van der Waals surface area contributed by atoms with Gasteiger partial charge in [-0.15, -0.1) is 0 Å². The maximum atomic E-state index is 13.5. The summed E-state index contributed by atoms with van der Waals surface area (Å²) >= 11 is 5.94. The van der Waals surface area contributed by atoms with Gasteiger partial charge >= 0.3 is 6.18 Å². The largest absolute Gasteiger partial charge is 0.497 e. The second kappa shape index (κ2) is 10.1. The third-order valence-electron chi connectivity index (χ3n) is 5.95. The Morgan fingerprint density at radius 1 is 0.757 bits per heavy atom. The fourth-order valence-corrected chi connectivity index (χ4v) is 4.18. The van der Waals surface area contributed by atoms with E-state index >= 15 is 0 Å². The maximum Gasteiger partial charge on any atom is 0.416 e. The standard InChI is InChI=1S/C29H22ClF3N2O2/c1-36-25-13-7-23(8-14-25)34-18-28(20-3-2-4-21(17-20)29(31,32)33)35(19-34)24-9-15-27(16-10-24)37-26-11-5-22(30)6-12-26/h2-18H,19H2,1H3. The minimum absolute atomic E-state index is 0.412. The summed E-state index contributed by atoms with van der Waals surface area (Å²) < 4.78 is 51.5. The second-order valence-electron chi connectivity index (χ2n) is 8.38. The number of ether oxygens (including phenoxy) is 2. The van der Waals surface area contributed by atoms with E-state index < -0.39 is 11.7 Å². The lowest BCUT2D eigenvalue weighted by Crippen LogP contribution is -2.26. The van der Waals surface area contributed by atoms with E-state index in [1.807, 2.05) is 64.5 Å². The summed E-state index contributed by atoms with van der Waals surface area (Å²) in [7, 11) is 1.60. The molecular formula is C29H22ClF3N2O2. The zero-order valence-electron chi connectivity index (χ0n) is 19.7. The molecule has 8 heteroatoms. The van der Waals surface area contributed by atoms with Crippen LogP contribution in [0.3, 0.4) is 0 Å². The summed E-state index contributed by atoms with van der Waals surface area (Å²) in [6.45, 7) is 0.412. The van der Waals surface area contributed by atoms with Gasteiger partial charge in [-0.2, -0.15) is 13.2 Å². The lowest BCUT2D eigenvalue weighted by molar-refractivity contribution is -0.137. The topological polar surface area (TPSA) is 24.9 Å². The van der Waals surface area contributed by atoms with Crippen molar-refractivity contribution >= 4 is 28.7 Å². The molecule has 0 radical (unpaired) electrons. The first-order valence-electron chi connectivity index (χ1n) is 11.4. The number of methoxy groups -OCH3 is 1. The number of hydrogen-bond acceptors (Lipinski definition) is 4. The van der Waals surface area contributed by atoms with E-state index in [1.54, 1.807) is 37.4 Å². The third kappa shape index (κ3) is 5.52. The molecule has 0 unspecified atom stereocenters. The molecule has 4 nitrogen and oxygen atoms in total. The first-order chi connectivity index (χ1) is 17.8. The van der Waals surface area contributed by atoms with Gasteiger partial charge in [-0.25, -0.2) is 0 Å². The van der Waals surface area contributed by atoms with Crippen LogP contribution in [0.2, 0.25) is 5.02 Å². The number of benzene rings is 4.